The smallest absolute Gasteiger partial charge is 0.206 e. The third-order valence-electron chi connectivity index (χ3n) is 3.87. The number of benzene rings is 2. The lowest BCUT2D eigenvalue weighted by Gasteiger charge is -2.09. The molecule has 0 saturated carbocycles. The van der Waals surface area contributed by atoms with Gasteiger partial charge in [-0.3, -0.25) is 0 Å². The van der Waals surface area contributed by atoms with Crippen LogP contribution in [0.5, 0.6) is 5.75 Å². The third kappa shape index (κ3) is 3.74. The van der Waals surface area contributed by atoms with Crippen LogP contribution in [0.1, 0.15) is 16.7 Å². The Balaban J connectivity index is 1.67. The molecule has 0 radical (unpaired) electrons. The standard InChI is InChI=1S/C19H21N3OS/c1-13-11-16(12-14(2)17(13)23-3)18-21-22-19(24-18)20-10-9-15-7-5-4-6-8-15/h4-8,11-12H,9-10H2,1-3H3,(H,20,22). The molecule has 1 heterocycles. The Bertz CT molecular complexity index is 791. The van der Waals surface area contributed by atoms with Gasteiger partial charge in [-0.2, -0.15) is 0 Å². The van der Waals surface area contributed by atoms with Crippen molar-refractivity contribution in [1.82, 2.24) is 10.2 Å². The van der Waals surface area contributed by atoms with Gasteiger partial charge < -0.3 is 10.1 Å². The number of rotatable bonds is 6. The van der Waals surface area contributed by atoms with Crippen molar-refractivity contribution >= 4 is 16.5 Å². The molecule has 4 nitrogen and oxygen atoms in total. The lowest BCUT2D eigenvalue weighted by atomic mass is 10.1. The number of anilines is 1. The van der Waals surface area contributed by atoms with E-state index in [0.29, 0.717) is 0 Å². The van der Waals surface area contributed by atoms with E-state index in [1.807, 2.05) is 6.07 Å². The Morgan fingerprint density at radius 2 is 1.75 bits per heavy atom. The molecule has 5 heteroatoms. The zero-order valence-corrected chi connectivity index (χ0v) is 15.0. The van der Waals surface area contributed by atoms with Crippen molar-refractivity contribution in [2.75, 3.05) is 19.0 Å². The van der Waals surface area contributed by atoms with Gasteiger partial charge in [-0.05, 0) is 49.1 Å². The maximum Gasteiger partial charge on any atom is 0.206 e. The lowest BCUT2D eigenvalue weighted by Crippen LogP contribution is -2.04. The summed E-state index contributed by atoms with van der Waals surface area (Å²) in [6.07, 6.45) is 0.969. The Morgan fingerprint density at radius 1 is 1.04 bits per heavy atom. The Kier molecular flexibility index (Phi) is 5.11. The number of methoxy groups -OCH3 is 1. The molecule has 0 aliphatic carbocycles. The van der Waals surface area contributed by atoms with E-state index in [4.69, 9.17) is 4.74 Å². The largest absolute Gasteiger partial charge is 0.496 e. The van der Waals surface area contributed by atoms with Crippen molar-refractivity contribution in [2.24, 2.45) is 0 Å². The van der Waals surface area contributed by atoms with E-state index in [0.717, 1.165) is 45.5 Å². The Hall–Kier alpha value is -2.40. The molecule has 124 valence electrons. The van der Waals surface area contributed by atoms with Crippen LogP contribution in [0.4, 0.5) is 5.13 Å². The number of aryl methyl sites for hydroxylation is 2. The summed E-state index contributed by atoms with van der Waals surface area (Å²) >= 11 is 1.58. The first-order valence-electron chi connectivity index (χ1n) is 7.94. The van der Waals surface area contributed by atoms with Gasteiger partial charge in [0.25, 0.3) is 0 Å². The van der Waals surface area contributed by atoms with Gasteiger partial charge in [0.15, 0.2) is 0 Å². The highest BCUT2D eigenvalue weighted by molar-refractivity contribution is 7.18. The second-order valence-corrected chi connectivity index (χ2v) is 6.70. The van der Waals surface area contributed by atoms with Crippen LogP contribution in [0.25, 0.3) is 10.6 Å². The van der Waals surface area contributed by atoms with E-state index >= 15 is 0 Å². The molecule has 0 spiro atoms. The summed E-state index contributed by atoms with van der Waals surface area (Å²) in [5, 5.41) is 13.7. The minimum absolute atomic E-state index is 0.847. The first kappa shape index (κ1) is 16.5. The molecule has 0 fully saturated rings. The highest BCUT2D eigenvalue weighted by Gasteiger charge is 2.11. The van der Waals surface area contributed by atoms with Crippen LogP contribution < -0.4 is 10.1 Å². The van der Waals surface area contributed by atoms with E-state index < -0.39 is 0 Å². The zero-order valence-electron chi connectivity index (χ0n) is 14.2. The molecule has 1 N–H and O–H groups in total. The van der Waals surface area contributed by atoms with Crippen LogP contribution in [0.2, 0.25) is 0 Å². The van der Waals surface area contributed by atoms with Crippen molar-refractivity contribution in [3.63, 3.8) is 0 Å². The second kappa shape index (κ2) is 7.45. The predicted molar refractivity (Wildman–Crippen MR) is 100 cm³/mol. The summed E-state index contributed by atoms with van der Waals surface area (Å²) in [5.41, 5.74) is 4.62. The molecular weight excluding hydrogens is 318 g/mol. The summed E-state index contributed by atoms with van der Waals surface area (Å²) in [4.78, 5) is 0. The fourth-order valence-corrected chi connectivity index (χ4v) is 3.52. The summed E-state index contributed by atoms with van der Waals surface area (Å²) in [6, 6.07) is 14.6. The Labute approximate surface area is 146 Å². The zero-order chi connectivity index (χ0) is 16.9. The first-order valence-corrected chi connectivity index (χ1v) is 8.76. The Morgan fingerprint density at radius 3 is 2.42 bits per heavy atom. The number of nitrogens with zero attached hydrogens (tertiary/aromatic N) is 2. The summed E-state index contributed by atoms with van der Waals surface area (Å²) in [6.45, 7) is 4.95. The number of nitrogens with one attached hydrogen (secondary N) is 1. The number of hydrogen-bond donors (Lipinski definition) is 1. The topological polar surface area (TPSA) is 47.0 Å². The number of ether oxygens (including phenoxy) is 1. The van der Waals surface area contributed by atoms with Gasteiger partial charge >= 0.3 is 0 Å². The normalized spacial score (nSPS) is 10.6. The average molecular weight is 339 g/mol. The van der Waals surface area contributed by atoms with Gasteiger partial charge in [0, 0.05) is 12.1 Å². The fraction of sp³-hybridized carbons (Fsp3) is 0.263. The summed E-state index contributed by atoms with van der Waals surface area (Å²) in [7, 11) is 1.70. The monoisotopic (exact) mass is 339 g/mol. The van der Waals surface area contributed by atoms with Gasteiger partial charge in [0.2, 0.25) is 5.13 Å². The molecule has 1 aromatic heterocycles. The summed E-state index contributed by atoms with van der Waals surface area (Å²) < 4.78 is 5.42. The van der Waals surface area contributed by atoms with Gasteiger partial charge in [-0.1, -0.05) is 41.7 Å². The molecule has 2 aromatic carbocycles. The van der Waals surface area contributed by atoms with Crippen LogP contribution in [0, 0.1) is 13.8 Å². The number of aromatic nitrogens is 2. The molecule has 0 unspecified atom stereocenters. The van der Waals surface area contributed by atoms with Crippen molar-refractivity contribution in [2.45, 2.75) is 20.3 Å². The van der Waals surface area contributed by atoms with Crippen molar-refractivity contribution < 1.29 is 4.74 Å². The van der Waals surface area contributed by atoms with Gasteiger partial charge in [-0.25, -0.2) is 0 Å². The van der Waals surface area contributed by atoms with Crippen molar-refractivity contribution in [1.29, 1.82) is 0 Å². The third-order valence-corrected chi connectivity index (χ3v) is 4.80. The van der Waals surface area contributed by atoms with Crippen molar-refractivity contribution in [3.8, 4) is 16.3 Å². The van der Waals surface area contributed by atoms with E-state index in [1.54, 1.807) is 18.4 Å². The van der Waals surface area contributed by atoms with Gasteiger partial charge in [0.05, 0.1) is 7.11 Å². The molecule has 0 aliphatic rings. The quantitative estimate of drug-likeness (QED) is 0.719. The second-order valence-electron chi connectivity index (χ2n) is 5.72. The molecule has 3 aromatic rings. The van der Waals surface area contributed by atoms with E-state index in [-0.39, 0.29) is 0 Å². The molecule has 0 amide bonds. The molecule has 0 saturated heterocycles. The maximum absolute atomic E-state index is 5.42. The molecular formula is C19H21N3OS. The average Bonchev–Trinajstić information content (AvgIpc) is 3.04. The highest BCUT2D eigenvalue weighted by atomic mass is 32.1. The summed E-state index contributed by atoms with van der Waals surface area (Å²) in [5.74, 6) is 0.935. The minimum atomic E-state index is 0.847. The van der Waals surface area contributed by atoms with E-state index in [9.17, 15) is 0 Å². The highest BCUT2D eigenvalue weighted by Crippen LogP contribution is 2.32. The molecule has 3 rings (SSSR count). The molecule has 24 heavy (non-hydrogen) atoms. The van der Waals surface area contributed by atoms with Crippen molar-refractivity contribution in [3.05, 3.63) is 59.2 Å². The molecule has 0 atom stereocenters. The maximum atomic E-state index is 5.42. The van der Waals surface area contributed by atoms with Crippen LogP contribution in [-0.4, -0.2) is 23.9 Å². The molecule has 0 aliphatic heterocycles. The van der Waals surface area contributed by atoms with Crippen LogP contribution >= 0.6 is 11.3 Å². The SMILES string of the molecule is COc1c(C)cc(-c2nnc(NCCc3ccccc3)s2)cc1C. The van der Waals surface area contributed by atoms with E-state index in [1.165, 1.54) is 5.56 Å². The van der Waals surface area contributed by atoms with Gasteiger partial charge in [-0.15, -0.1) is 10.2 Å². The lowest BCUT2D eigenvalue weighted by molar-refractivity contribution is 0.408. The first-order chi connectivity index (χ1) is 11.7. The minimum Gasteiger partial charge on any atom is -0.496 e. The number of hydrogen-bond acceptors (Lipinski definition) is 5. The van der Waals surface area contributed by atoms with Crippen LogP contribution in [0.15, 0.2) is 42.5 Å². The van der Waals surface area contributed by atoms with Gasteiger partial charge in [0.1, 0.15) is 10.8 Å². The fourth-order valence-electron chi connectivity index (χ4n) is 2.77. The van der Waals surface area contributed by atoms with E-state index in [2.05, 4.69) is 65.8 Å². The van der Waals surface area contributed by atoms with Crippen LogP contribution in [-0.2, 0) is 6.42 Å². The predicted octanol–water partition coefficient (Wildman–Crippen LogP) is 4.49. The molecule has 0 bridgehead atoms. The van der Waals surface area contributed by atoms with Crippen LogP contribution in [0.3, 0.4) is 0 Å².